The molecule has 5 heteroatoms. The molecule has 4 rings (SSSR count). The minimum Gasteiger partial charge on any atom is -0.321 e. The second-order valence-electron chi connectivity index (χ2n) is 5.38. The van der Waals surface area contributed by atoms with E-state index in [-0.39, 0.29) is 22.4 Å². The van der Waals surface area contributed by atoms with Crippen LogP contribution in [0.25, 0.3) is 0 Å². The van der Waals surface area contributed by atoms with Gasteiger partial charge in [-0.25, -0.2) is 0 Å². The fraction of sp³-hybridized carbons (Fsp3) is 0.400. The molecule has 0 amide bonds. The Bertz CT molecular complexity index is 578. The number of hydrogen-bond acceptors (Lipinski definition) is 3. The van der Waals surface area contributed by atoms with Crippen LogP contribution < -0.4 is 0 Å². The summed E-state index contributed by atoms with van der Waals surface area (Å²) in [5.41, 5.74) is 3.07. The summed E-state index contributed by atoms with van der Waals surface area (Å²) in [5, 5.41) is 4.32. The predicted octanol–water partition coefficient (Wildman–Crippen LogP) is 4.60. The summed E-state index contributed by atoms with van der Waals surface area (Å²) in [6.07, 6.45) is 3.79. The van der Waals surface area contributed by atoms with Gasteiger partial charge in [-0.1, -0.05) is 41.9 Å². The Hall–Kier alpha value is -0.450. The fourth-order valence-electron chi connectivity index (χ4n) is 3.29. The molecular formula is C15H16BrClN2S. The predicted molar refractivity (Wildman–Crippen MR) is 92.0 cm³/mol. The highest BCUT2D eigenvalue weighted by Gasteiger charge is 2.47. The topological polar surface area (TPSA) is 15.6 Å². The summed E-state index contributed by atoms with van der Waals surface area (Å²) in [6.45, 7) is 1.99. The number of halogens is 2. The van der Waals surface area contributed by atoms with Crippen LogP contribution in [0, 0.1) is 0 Å². The standard InChI is InChI=1S/C15H15ClN2S.BrH/c16-12-4-2-11(3-5-12)15(6-1-7-15)13-10-19-14-17-8-9-18(13)14;/h2-5,10H,1,6-9H2;1H. The van der Waals surface area contributed by atoms with Crippen molar-refractivity contribution in [2.45, 2.75) is 24.7 Å². The number of amidine groups is 1. The van der Waals surface area contributed by atoms with E-state index in [1.807, 2.05) is 12.1 Å². The summed E-state index contributed by atoms with van der Waals surface area (Å²) in [7, 11) is 0. The Morgan fingerprint density at radius 2 is 1.95 bits per heavy atom. The molecule has 0 N–H and O–H groups in total. The number of allylic oxidation sites excluding steroid dienone is 1. The molecule has 2 nitrogen and oxygen atoms in total. The summed E-state index contributed by atoms with van der Waals surface area (Å²) in [6, 6.07) is 8.41. The van der Waals surface area contributed by atoms with Crippen LogP contribution in [-0.4, -0.2) is 23.2 Å². The zero-order chi connectivity index (χ0) is 12.9. The van der Waals surface area contributed by atoms with Crippen LogP contribution >= 0.6 is 40.3 Å². The van der Waals surface area contributed by atoms with E-state index >= 15 is 0 Å². The van der Waals surface area contributed by atoms with Crippen molar-refractivity contribution >= 4 is 45.5 Å². The molecule has 0 atom stereocenters. The van der Waals surface area contributed by atoms with Gasteiger partial charge in [0.05, 0.1) is 6.54 Å². The minimum atomic E-state index is 0. The number of hydrogen-bond donors (Lipinski definition) is 0. The lowest BCUT2D eigenvalue weighted by atomic mass is 9.62. The summed E-state index contributed by atoms with van der Waals surface area (Å²) >= 11 is 7.81. The molecule has 1 aliphatic carbocycles. The lowest BCUT2D eigenvalue weighted by molar-refractivity contribution is 0.252. The summed E-state index contributed by atoms with van der Waals surface area (Å²) in [4.78, 5) is 6.98. The SMILES string of the molecule is Br.Clc1ccc(C2(C3=CSC4=NCCN34)CCC2)cc1. The van der Waals surface area contributed by atoms with E-state index in [9.17, 15) is 0 Å². The Labute approximate surface area is 139 Å². The molecule has 1 saturated carbocycles. The lowest BCUT2D eigenvalue weighted by Crippen LogP contribution is -2.42. The molecule has 1 aromatic carbocycles. The summed E-state index contributed by atoms with van der Waals surface area (Å²) in [5.74, 6) is 0. The summed E-state index contributed by atoms with van der Waals surface area (Å²) < 4.78 is 0. The van der Waals surface area contributed by atoms with Crippen LogP contribution in [0.1, 0.15) is 24.8 Å². The van der Waals surface area contributed by atoms with E-state index in [0.717, 1.165) is 18.1 Å². The molecule has 0 saturated heterocycles. The van der Waals surface area contributed by atoms with Gasteiger partial charge in [-0.15, -0.1) is 17.0 Å². The average molecular weight is 372 g/mol. The van der Waals surface area contributed by atoms with E-state index < -0.39 is 0 Å². The molecular weight excluding hydrogens is 356 g/mol. The van der Waals surface area contributed by atoms with Gasteiger partial charge in [-0.2, -0.15) is 0 Å². The molecule has 106 valence electrons. The Kier molecular flexibility index (Phi) is 3.91. The third-order valence-electron chi connectivity index (χ3n) is 4.46. The van der Waals surface area contributed by atoms with Gasteiger partial charge in [0.15, 0.2) is 5.17 Å². The van der Waals surface area contributed by atoms with Crippen LogP contribution in [0.5, 0.6) is 0 Å². The van der Waals surface area contributed by atoms with E-state index in [4.69, 9.17) is 11.6 Å². The first-order valence-corrected chi connectivity index (χ1v) is 8.01. The Morgan fingerprint density at radius 1 is 1.20 bits per heavy atom. The number of aliphatic imine (C=N–C) groups is 1. The normalized spacial score (nSPS) is 22.6. The van der Waals surface area contributed by atoms with E-state index in [2.05, 4.69) is 27.4 Å². The zero-order valence-corrected chi connectivity index (χ0v) is 14.3. The quantitative estimate of drug-likeness (QED) is 0.755. The molecule has 0 aromatic heterocycles. The first kappa shape index (κ1) is 14.5. The number of fused-ring (bicyclic) bond motifs is 1. The van der Waals surface area contributed by atoms with Crippen molar-refractivity contribution in [2.75, 3.05) is 13.1 Å². The first-order chi connectivity index (χ1) is 9.29. The highest BCUT2D eigenvalue weighted by atomic mass is 79.9. The number of thioether (sulfide) groups is 1. The third-order valence-corrected chi connectivity index (χ3v) is 5.62. The molecule has 1 fully saturated rings. The van der Waals surface area contributed by atoms with E-state index in [0.29, 0.717) is 0 Å². The molecule has 0 radical (unpaired) electrons. The van der Waals surface area contributed by atoms with Crippen molar-refractivity contribution < 1.29 is 0 Å². The van der Waals surface area contributed by atoms with Crippen molar-refractivity contribution in [3.8, 4) is 0 Å². The molecule has 3 aliphatic rings. The van der Waals surface area contributed by atoms with E-state index in [1.165, 1.54) is 35.7 Å². The van der Waals surface area contributed by atoms with Gasteiger partial charge in [0, 0.05) is 22.7 Å². The minimum absolute atomic E-state index is 0. The van der Waals surface area contributed by atoms with E-state index in [1.54, 1.807) is 11.8 Å². The van der Waals surface area contributed by atoms with Crippen LogP contribution in [0.3, 0.4) is 0 Å². The average Bonchev–Trinajstić information content (AvgIpc) is 2.94. The van der Waals surface area contributed by atoms with Crippen molar-refractivity contribution in [3.05, 3.63) is 46.0 Å². The Morgan fingerprint density at radius 3 is 2.60 bits per heavy atom. The van der Waals surface area contributed by atoms with Gasteiger partial charge in [0.25, 0.3) is 0 Å². The Balaban J connectivity index is 0.00000121. The van der Waals surface area contributed by atoms with Crippen molar-refractivity contribution in [2.24, 2.45) is 4.99 Å². The smallest absolute Gasteiger partial charge is 0.167 e. The maximum Gasteiger partial charge on any atom is 0.167 e. The zero-order valence-electron chi connectivity index (χ0n) is 11.0. The largest absolute Gasteiger partial charge is 0.321 e. The highest BCUT2D eigenvalue weighted by molar-refractivity contribution is 8.93. The van der Waals surface area contributed by atoms with Crippen LogP contribution in [0.4, 0.5) is 0 Å². The lowest BCUT2D eigenvalue weighted by Gasteiger charge is -2.45. The van der Waals surface area contributed by atoms with Gasteiger partial charge in [-0.05, 0) is 35.9 Å². The second kappa shape index (κ2) is 5.39. The molecule has 20 heavy (non-hydrogen) atoms. The van der Waals surface area contributed by atoms with Crippen molar-refractivity contribution in [1.29, 1.82) is 0 Å². The van der Waals surface area contributed by atoms with Crippen molar-refractivity contribution in [3.63, 3.8) is 0 Å². The molecule has 2 aliphatic heterocycles. The van der Waals surface area contributed by atoms with Gasteiger partial charge in [0.2, 0.25) is 0 Å². The number of rotatable bonds is 2. The maximum atomic E-state index is 6.02. The van der Waals surface area contributed by atoms with Crippen LogP contribution in [0.15, 0.2) is 40.4 Å². The molecule has 0 unspecified atom stereocenters. The maximum absolute atomic E-state index is 6.02. The third kappa shape index (κ3) is 2.04. The molecule has 0 spiro atoms. The van der Waals surface area contributed by atoms with Gasteiger partial charge in [-0.3, -0.25) is 4.99 Å². The monoisotopic (exact) mass is 370 g/mol. The number of benzene rings is 1. The van der Waals surface area contributed by atoms with Gasteiger partial charge < -0.3 is 4.90 Å². The second-order valence-corrected chi connectivity index (χ2v) is 6.65. The molecule has 1 aromatic rings. The fourth-order valence-corrected chi connectivity index (χ4v) is 4.46. The van der Waals surface area contributed by atoms with Gasteiger partial charge >= 0.3 is 0 Å². The van der Waals surface area contributed by atoms with Crippen molar-refractivity contribution in [1.82, 2.24) is 4.90 Å². The van der Waals surface area contributed by atoms with Gasteiger partial charge in [0.1, 0.15) is 0 Å². The molecule has 0 bridgehead atoms. The molecule has 2 heterocycles. The highest BCUT2D eigenvalue weighted by Crippen LogP contribution is 2.53. The number of nitrogens with zero attached hydrogens (tertiary/aromatic N) is 2. The first-order valence-electron chi connectivity index (χ1n) is 6.75. The van der Waals surface area contributed by atoms with Crippen LogP contribution in [0.2, 0.25) is 5.02 Å². The van der Waals surface area contributed by atoms with Crippen LogP contribution in [-0.2, 0) is 5.41 Å².